The normalized spacial score (nSPS) is 11.1. The number of aliphatic imine (C=N–C) groups is 1. The van der Waals surface area contributed by atoms with Crippen LogP contribution in [-0.2, 0) is 13.1 Å². The van der Waals surface area contributed by atoms with Crippen LogP contribution in [0.15, 0.2) is 53.8 Å². The van der Waals surface area contributed by atoms with Gasteiger partial charge < -0.3 is 15.0 Å². The molecule has 5 nitrogen and oxygen atoms in total. The average Bonchev–Trinajstić information content (AvgIpc) is 2.55. The fourth-order valence-electron chi connectivity index (χ4n) is 2.03. The molecule has 1 aromatic heterocycles. The molecule has 0 aliphatic rings. The number of nitrogens with zero attached hydrogens (tertiary/aromatic N) is 3. The lowest BCUT2D eigenvalue weighted by molar-refractivity contribution is 0.408. The molecule has 22 heavy (non-hydrogen) atoms. The third-order valence-electron chi connectivity index (χ3n) is 3.19. The number of methoxy groups -OCH3 is 1. The number of pyridine rings is 1. The van der Waals surface area contributed by atoms with Gasteiger partial charge in [0, 0.05) is 38.6 Å². The lowest BCUT2D eigenvalue weighted by Gasteiger charge is -2.18. The predicted molar refractivity (Wildman–Crippen MR) is 88.9 cm³/mol. The molecular formula is C17H22N4O. The Kier molecular flexibility index (Phi) is 5.77. The van der Waals surface area contributed by atoms with Crippen molar-refractivity contribution >= 4 is 5.96 Å². The van der Waals surface area contributed by atoms with Gasteiger partial charge in [-0.3, -0.25) is 4.98 Å². The highest BCUT2D eigenvalue weighted by Crippen LogP contribution is 2.15. The van der Waals surface area contributed by atoms with E-state index in [2.05, 4.69) is 27.4 Å². The number of nitrogens with one attached hydrogen (secondary N) is 1. The monoisotopic (exact) mass is 298 g/mol. The Morgan fingerprint density at radius 1 is 1.23 bits per heavy atom. The van der Waals surface area contributed by atoms with Gasteiger partial charge in [0.15, 0.2) is 5.96 Å². The molecule has 1 heterocycles. The Bertz CT molecular complexity index is 611. The Morgan fingerprint density at radius 2 is 2.00 bits per heavy atom. The smallest absolute Gasteiger partial charge is 0.194 e. The summed E-state index contributed by atoms with van der Waals surface area (Å²) < 4.78 is 5.33. The molecule has 0 unspecified atom stereocenters. The molecule has 0 atom stereocenters. The van der Waals surface area contributed by atoms with Crippen molar-refractivity contribution in [1.29, 1.82) is 0 Å². The Labute approximate surface area is 131 Å². The van der Waals surface area contributed by atoms with Crippen molar-refractivity contribution in [3.8, 4) is 5.75 Å². The second-order valence-electron chi connectivity index (χ2n) is 5.06. The maximum absolute atomic E-state index is 5.33. The minimum Gasteiger partial charge on any atom is -0.496 e. The van der Waals surface area contributed by atoms with Crippen LogP contribution in [0.4, 0.5) is 0 Å². The van der Waals surface area contributed by atoms with Crippen molar-refractivity contribution in [3.63, 3.8) is 0 Å². The van der Waals surface area contributed by atoms with Gasteiger partial charge in [0.05, 0.1) is 13.7 Å². The molecule has 0 aliphatic carbocycles. The van der Waals surface area contributed by atoms with Crippen LogP contribution in [0.5, 0.6) is 5.75 Å². The van der Waals surface area contributed by atoms with Crippen molar-refractivity contribution < 1.29 is 4.74 Å². The minimum atomic E-state index is 0.614. The highest BCUT2D eigenvalue weighted by molar-refractivity contribution is 5.79. The van der Waals surface area contributed by atoms with E-state index in [0.29, 0.717) is 13.1 Å². The third-order valence-corrected chi connectivity index (χ3v) is 3.19. The number of hydrogen-bond donors (Lipinski definition) is 1. The Balaban J connectivity index is 2.03. The maximum Gasteiger partial charge on any atom is 0.194 e. The SMILES string of the molecule is COc1ccncc1CNC(=NCc1ccccc1)N(C)C. The van der Waals surface area contributed by atoms with E-state index in [-0.39, 0.29) is 0 Å². The molecule has 2 aromatic rings. The Morgan fingerprint density at radius 3 is 2.68 bits per heavy atom. The predicted octanol–water partition coefficient (Wildman–Crippen LogP) is 2.30. The topological polar surface area (TPSA) is 49.8 Å². The molecule has 0 saturated carbocycles. The molecule has 0 bridgehead atoms. The van der Waals surface area contributed by atoms with Crippen LogP contribution in [0.3, 0.4) is 0 Å². The van der Waals surface area contributed by atoms with Gasteiger partial charge in [0.2, 0.25) is 0 Å². The van der Waals surface area contributed by atoms with Crippen LogP contribution in [0.25, 0.3) is 0 Å². The number of hydrogen-bond acceptors (Lipinski definition) is 3. The molecule has 0 amide bonds. The molecule has 0 spiro atoms. The van der Waals surface area contributed by atoms with Gasteiger partial charge in [0.25, 0.3) is 0 Å². The average molecular weight is 298 g/mol. The van der Waals surface area contributed by atoms with E-state index >= 15 is 0 Å². The number of ether oxygens (including phenoxy) is 1. The molecule has 1 N–H and O–H groups in total. The third kappa shape index (κ3) is 4.48. The molecule has 2 rings (SSSR count). The van der Waals surface area contributed by atoms with Gasteiger partial charge in [-0.1, -0.05) is 30.3 Å². The van der Waals surface area contributed by atoms with Gasteiger partial charge in [0.1, 0.15) is 5.75 Å². The van der Waals surface area contributed by atoms with Gasteiger partial charge in [-0.25, -0.2) is 4.99 Å². The standard InChI is InChI=1S/C17H22N4O/c1-21(2)17(19-11-14-7-5-4-6-8-14)20-13-15-12-18-10-9-16(15)22-3/h4-10,12H,11,13H2,1-3H3,(H,19,20). The Hall–Kier alpha value is -2.56. The molecule has 0 aliphatic heterocycles. The zero-order chi connectivity index (χ0) is 15.8. The summed E-state index contributed by atoms with van der Waals surface area (Å²) in [7, 11) is 5.60. The van der Waals surface area contributed by atoms with E-state index in [0.717, 1.165) is 17.3 Å². The highest BCUT2D eigenvalue weighted by atomic mass is 16.5. The van der Waals surface area contributed by atoms with E-state index in [1.165, 1.54) is 5.56 Å². The maximum atomic E-state index is 5.33. The molecule has 0 saturated heterocycles. The number of aromatic nitrogens is 1. The van der Waals surface area contributed by atoms with E-state index in [1.807, 2.05) is 43.3 Å². The zero-order valence-electron chi connectivity index (χ0n) is 13.3. The van der Waals surface area contributed by atoms with Crippen molar-refractivity contribution in [1.82, 2.24) is 15.2 Å². The van der Waals surface area contributed by atoms with E-state index in [1.54, 1.807) is 19.5 Å². The molecule has 0 radical (unpaired) electrons. The summed E-state index contributed by atoms with van der Waals surface area (Å²) in [5.74, 6) is 1.65. The molecule has 116 valence electrons. The van der Waals surface area contributed by atoms with Gasteiger partial charge in [-0.05, 0) is 11.6 Å². The lowest BCUT2D eigenvalue weighted by atomic mass is 10.2. The van der Waals surface area contributed by atoms with Crippen LogP contribution >= 0.6 is 0 Å². The summed E-state index contributed by atoms with van der Waals surface area (Å²) in [5, 5.41) is 3.34. The first kappa shape index (κ1) is 15.8. The van der Waals surface area contributed by atoms with Gasteiger partial charge in [-0.15, -0.1) is 0 Å². The van der Waals surface area contributed by atoms with Crippen molar-refractivity contribution in [2.75, 3.05) is 21.2 Å². The van der Waals surface area contributed by atoms with Crippen LogP contribution in [0.1, 0.15) is 11.1 Å². The van der Waals surface area contributed by atoms with Crippen LogP contribution in [-0.4, -0.2) is 37.0 Å². The lowest BCUT2D eigenvalue weighted by Crippen LogP contribution is -2.36. The van der Waals surface area contributed by atoms with Crippen LogP contribution in [0, 0.1) is 0 Å². The van der Waals surface area contributed by atoms with Crippen molar-refractivity contribution in [3.05, 3.63) is 59.9 Å². The minimum absolute atomic E-state index is 0.614. The first-order chi connectivity index (χ1) is 10.7. The number of rotatable bonds is 5. The summed E-state index contributed by atoms with van der Waals surface area (Å²) in [6.45, 7) is 1.26. The molecule has 5 heteroatoms. The van der Waals surface area contributed by atoms with Crippen molar-refractivity contribution in [2.45, 2.75) is 13.1 Å². The largest absolute Gasteiger partial charge is 0.496 e. The number of guanidine groups is 1. The molecule has 0 fully saturated rings. The van der Waals surface area contributed by atoms with E-state index < -0.39 is 0 Å². The van der Waals surface area contributed by atoms with E-state index in [9.17, 15) is 0 Å². The van der Waals surface area contributed by atoms with Crippen LogP contribution < -0.4 is 10.1 Å². The summed E-state index contributed by atoms with van der Waals surface area (Å²) in [6.07, 6.45) is 3.52. The quantitative estimate of drug-likeness (QED) is 0.680. The number of benzene rings is 1. The summed E-state index contributed by atoms with van der Waals surface area (Å²) in [6, 6.07) is 12.0. The molecular weight excluding hydrogens is 276 g/mol. The first-order valence-electron chi connectivity index (χ1n) is 7.17. The summed E-state index contributed by atoms with van der Waals surface area (Å²) in [4.78, 5) is 10.7. The summed E-state index contributed by atoms with van der Waals surface area (Å²) >= 11 is 0. The summed E-state index contributed by atoms with van der Waals surface area (Å²) in [5.41, 5.74) is 2.18. The second-order valence-corrected chi connectivity index (χ2v) is 5.06. The van der Waals surface area contributed by atoms with E-state index in [4.69, 9.17) is 4.74 Å². The first-order valence-corrected chi connectivity index (χ1v) is 7.17. The second kappa shape index (κ2) is 8.02. The van der Waals surface area contributed by atoms with Crippen LogP contribution in [0.2, 0.25) is 0 Å². The zero-order valence-corrected chi connectivity index (χ0v) is 13.3. The highest BCUT2D eigenvalue weighted by Gasteiger charge is 2.06. The fraction of sp³-hybridized carbons (Fsp3) is 0.294. The molecule has 1 aromatic carbocycles. The fourth-order valence-corrected chi connectivity index (χ4v) is 2.03. The van der Waals surface area contributed by atoms with Gasteiger partial charge in [-0.2, -0.15) is 0 Å². The van der Waals surface area contributed by atoms with Crippen molar-refractivity contribution in [2.24, 2.45) is 4.99 Å². The van der Waals surface area contributed by atoms with Gasteiger partial charge >= 0.3 is 0 Å².